The van der Waals surface area contributed by atoms with Crippen molar-refractivity contribution in [1.82, 2.24) is 4.90 Å². The Kier molecular flexibility index (Phi) is 5.41. The standard InChI is InChI=1S/C20H25NO4/c1-25-18-9-5-4-6-14(18)10-17(20(23)24)11-19(22)21-12-15-7-2-3-8-16(15)13-21/h4-6,9-10,15-16H,2-3,7-8,11-13H2,1H3,(H,23,24)/b17-10+/t15-,16+. The number of carboxylic acid groups (broad SMARTS) is 1. The minimum Gasteiger partial charge on any atom is -0.496 e. The average molecular weight is 343 g/mol. The third kappa shape index (κ3) is 4.03. The molecule has 0 unspecified atom stereocenters. The SMILES string of the molecule is COc1ccccc1/C=C(\CC(=O)N1C[C@H]2CCCC[C@H]2C1)C(=O)O. The Bertz CT molecular complexity index is 668. The minimum atomic E-state index is -1.06. The fraction of sp³-hybridized carbons (Fsp3) is 0.500. The van der Waals surface area contributed by atoms with Crippen LogP contribution in [0.4, 0.5) is 0 Å². The number of para-hydroxylation sites is 1. The molecule has 1 aromatic carbocycles. The zero-order valence-electron chi connectivity index (χ0n) is 14.6. The summed E-state index contributed by atoms with van der Waals surface area (Å²) in [5.41, 5.74) is 0.773. The molecule has 2 atom stereocenters. The second kappa shape index (κ2) is 7.72. The summed E-state index contributed by atoms with van der Waals surface area (Å²) in [5.74, 6) is 0.656. The summed E-state index contributed by atoms with van der Waals surface area (Å²) in [7, 11) is 1.55. The highest BCUT2D eigenvalue weighted by Crippen LogP contribution is 2.36. The van der Waals surface area contributed by atoms with Gasteiger partial charge in [-0.1, -0.05) is 31.0 Å². The van der Waals surface area contributed by atoms with Gasteiger partial charge in [-0.25, -0.2) is 4.79 Å². The zero-order valence-corrected chi connectivity index (χ0v) is 14.6. The van der Waals surface area contributed by atoms with Gasteiger partial charge < -0.3 is 14.7 Å². The van der Waals surface area contributed by atoms with Crippen molar-refractivity contribution in [2.45, 2.75) is 32.1 Å². The van der Waals surface area contributed by atoms with Crippen LogP contribution in [0.1, 0.15) is 37.7 Å². The molecule has 1 aliphatic carbocycles. The van der Waals surface area contributed by atoms with E-state index in [4.69, 9.17) is 4.74 Å². The number of benzene rings is 1. The van der Waals surface area contributed by atoms with Gasteiger partial charge in [0.1, 0.15) is 5.75 Å². The fourth-order valence-corrected chi connectivity index (χ4v) is 4.05. The van der Waals surface area contributed by atoms with Gasteiger partial charge in [0.25, 0.3) is 0 Å². The van der Waals surface area contributed by atoms with Crippen LogP contribution < -0.4 is 4.74 Å². The quantitative estimate of drug-likeness (QED) is 0.834. The number of carbonyl (C=O) groups excluding carboxylic acids is 1. The summed E-state index contributed by atoms with van der Waals surface area (Å²) in [6.45, 7) is 1.57. The molecule has 0 bridgehead atoms. The number of carbonyl (C=O) groups is 2. The predicted molar refractivity (Wildman–Crippen MR) is 95.3 cm³/mol. The number of hydrogen-bond donors (Lipinski definition) is 1. The molecule has 25 heavy (non-hydrogen) atoms. The van der Waals surface area contributed by atoms with Gasteiger partial charge in [0, 0.05) is 24.2 Å². The van der Waals surface area contributed by atoms with Gasteiger partial charge in [-0.05, 0) is 36.8 Å². The first-order valence-electron chi connectivity index (χ1n) is 8.93. The molecular weight excluding hydrogens is 318 g/mol. The monoisotopic (exact) mass is 343 g/mol. The van der Waals surface area contributed by atoms with Crippen molar-refractivity contribution in [2.75, 3.05) is 20.2 Å². The first-order chi connectivity index (χ1) is 12.1. The Hall–Kier alpha value is -2.30. The van der Waals surface area contributed by atoms with Crippen LogP contribution in [-0.2, 0) is 9.59 Å². The van der Waals surface area contributed by atoms with E-state index >= 15 is 0 Å². The van der Waals surface area contributed by atoms with E-state index in [9.17, 15) is 14.7 Å². The second-order valence-corrected chi connectivity index (χ2v) is 7.00. The van der Waals surface area contributed by atoms with Gasteiger partial charge in [-0.3, -0.25) is 4.79 Å². The van der Waals surface area contributed by atoms with Crippen LogP contribution in [0.5, 0.6) is 5.75 Å². The van der Waals surface area contributed by atoms with Crippen LogP contribution in [-0.4, -0.2) is 42.1 Å². The third-order valence-corrected chi connectivity index (χ3v) is 5.41. The van der Waals surface area contributed by atoms with Crippen molar-refractivity contribution in [3.63, 3.8) is 0 Å². The molecule has 2 aliphatic rings. The van der Waals surface area contributed by atoms with E-state index < -0.39 is 5.97 Å². The Labute approximate surface area is 148 Å². The summed E-state index contributed by atoms with van der Waals surface area (Å²) in [6.07, 6.45) is 6.35. The molecule has 1 aliphatic heterocycles. The molecule has 1 saturated carbocycles. The van der Waals surface area contributed by atoms with Crippen molar-refractivity contribution in [3.8, 4) is 5.75 Å². The molecule has 3 rings (SSSR count). The maximum Gasteiger partial charge on any atom is 0.332 e. The first kappa shape index (κ1) is 17.5. The summed E-state index contributed by atoms with van der Waals surface area (Å²) in [4.78, 5) is 26.1. The van der Waals surface area contributed by atoms with Crippen LogP contribution in [0, 0.1) is 11.8 Å². The van der Waals surface area contributed by atoms with E-state index in [1.165, 1.54) is 25.7 Å². The number of carboxylic acids is 1. The maximum atomic E-state index is 12.6. The highest BCUT2D eigenvalue weighted by atomic mass is 16.5. The van der Waals surface area contributed by atoms with Gasteiger partial charge in [0.2, 0.25) is 5.91 Å². The Morgan fingerprint density at radius 2 is 1.84 bits per heavy atom. The minimum absolute atomic E-state index is 0.0766. The second-order valence-electron chi connectivity index (χ2n) is 7.00. The van der Waals surface area contributed by atoms with Crippen LogP contribution in [0.3, 0.4) is 0 Å². The van der Waals surface area contributed by atoms with Gasteiger partial charge in [-0.2, -0.15) is 0 Å². The molecule has 134 valence electrons. The van der Waals surface area contributed by atoms with Crippen molar-refractivity contribution in [2.24, 2.45) is 11.8 Å². The smallest absolute Gasteiger partial charge is 0.332 e. The highest BCUT2D eigenvalue weighted by molar-refractivity contribution is 5.98. The van der Waals surface area contributed by atoms with E-state index in [1.54, 1.807) is 25.3 Å². The zero-order chi connectivity index (χ0) is 17.8. The fourth-order valence-electron chi connectivity index (χ4n) is 4.05. The third-order valence-electron chi connectivity index (χ3n) is 5.41. The van der Waals surface area contributed by atoms with Crippen molar-refractivity contribution in [1.29, 1.82) is 0 Å². The van der Waals surface area contributed by atoms with Crippen molar-refractivity contribution in [3.05, 3.63) is 35.4 Å². The Morgan fingerprint density at radius 3 is 2.44 bits per heavy atom. The molecule has 0 spiro atoms. The summed E-state index contributed by atoms with van der Waals surface area (Å²) >= 11 is 0. The van der Waals surface area contributed by atoms with Crippen molar-refractivity contribution >= 4 is 18.0 Å². The van der Waals surface area contributed by atoms with E-state index in [1.807, 2.05) is 17.0 Å². The topological polar surface area (TPSA) is 66.8 Å². The molecule has 5 heteroatoms. The Balaban J connectivity index is 1.72. The molecular formula is C20H25NO4. The number of fused-ring (bicyclic) bond motifs is 1. The van der Waals surface area contributed by atoms with Gasteiger partial charge in [-0.15, -0.1) is 0 Å². The molecule has 0 radical (unpaired) electrons. The van der Waals surface area contributed by atoms with E-state index in [2.05, 4.69) is 0 Å². The van der Waals surface area contributed by atoms with E-state index in [-0.39, 0.29) is 17.9 Å². The van der Waals surface area contributed by atoms with E-state index in [0.717, 1.165) is 13.1 Å². The highest BCUT2D eigenvalue weighted by Gasteiger charge is 2.36. The van der Waals surface area contributed by atoms with Gasteiger partial charge in [0.15, 0.2) is 0 Å². The van der Waals surface area contributed by atoms with Crippen LogP contribution in [0.15, 0.2) is 29.8 Å². The molecule has 1 saturated heterocycles. The summed E-state index contributed by atoms with van der Waals surface area (Å²) < 4.78 is 5.26. The lowest BCUT2D eigenvalue weighted by Crippen LogP contribution is -2.29. The van der Waals surface area contributed by atoms with Crippen LogP contribution in [0.2, 0.25) is 0 Å². The van der Waals surface area contributed by atoms with Crippen molar-refractivity contribution < 1.29 is 19.4 Å². The number of ether oxygens (including phenoxy) is 1. The number of amides is 1. The summed E-state index contributed by atoms with van der Waals surface area (Å²) in [6, 6.07) is 7.21. The number of rotatable bonds is 5. The lowest BCUT2D eigenvalue weighted by Gasteiger charge is -2.22. The lowest BCUT2D eigenvalue weighted by atomic mass is 9.82. The molecule has 5 nitrogen and oxygen atoms in total. The maximum absolute atomic E-state index is 12.6. The number of aliphatic carboxylic acids is 1. The molecule has 2 fully saturated rings. The number of nitrogens with zero attached hydrogens (tertiary/aromatic N) is 1. The predicted octanol–water partition coefficient (Wildman–Crippen LogP) is 3.20. The summed E-state index contributed by atoms with van der Waals surface area (Å²) in [5, 5.41) is 9.52. The average Bonchev–Trinajstić information content (AvgIpc) is 3.05. The molecule has 1 amide bonds. The number of hydrogen-bond acceptors (Lipinski definition) is 3. The number of methoxy groups -OCH3 is 1. The molecule has 1 N–H and O–H groups in total. The van der Waals surface area contributed by atoms with Gasteiger partial charge in [0.05, 0.1) is 13.5 Å². The number of likely N-dealkylation sites (tertiary alicyclic amines) is 1. The van der Waals surface area contributed by atoms with Gasteiger partial charge >= 0.3 is 5.97 Å². The largest absolute Gasteiger partial charge is 0.496 e. The molecule has 0 aromatic heterocycles. The molecule has 1 heterocycles. The Morgan fingerprint density at radius 1 is 1.20 bits per heavy atom. The first-order valence-corrected chi connectivity index (χ1v) is 8.93. The lowest BCUT2D eigenvalue weighted by molar-refractivity contribution is -0.136. The van der Waals surface area contributed by atoms with Crippen LogP contribution in [0.25, 0.3) is 6.08 Å². The normalized spacial score (nSPS) is 23.2. The van der Waals surface area contributed by atoms with Crippen LogP contribution >= 0.6 is 0 Å². The molecule has 1 aromatic rings. The van der Waals surface area contributed by atoms with E-state index in [0.29, 0.717) is 23.1 Å².